The molecule has 0 aliphatic carbocycles. The molecule has 0 saturated carbocycles. The van der Waals surface area contributed by atoms with Gasteiger partial charge in [0.2, 0.25) is 5.95 Å². The van der Waals surface area contributed by atoms with Gasteiger partial charge in [-0.1, -0.05) is 13.8 Å². The molecule has 0 aliphatic heterocycles. The zero-order valence-corrected chi connectivity index (χ0v) is 10.3. The first-order valence-electron chi connectivity index (χ1n) is 5.52. The van der Waals surface area contributed by atoms with E-state index in [1.807, 2.05) is 18.9 Å². The predicted molar refractivity (Wildman–Crippen MR) is 64.3 cm³/mol. The Balaban J connectivity index is 2.88. The van der Waals surface area contributed by atoms with Gasteiger partial charge in [-0.05, 0) is 12.8 Å². The molecule has 4 nitrogen and oxygen atoms in total. The van der Waals surface area contributed by atoms with Crippen LogP contribution in [0.1, 0.15) is 20.8 Å². The summed E-state index contributed by atoms with van der Waals surface area (Å²) in [6.45, 7) is 7.60. The summed E-state index contributed by atoms with van der Waals surface area (Å²) in [7, 11) is 1.83. The topological polar surface area (TPSA) is 41.1 Å². The number of nitrogens with one attached hydrogen (secondary N) is 1. The SMILES string of the molecule is CCNc1ncc(F)c(N(C)CC(C)C)n1. The molecule has 0 radical (unpaired) electrons. The zero-order valence-electron chi connectivity index (χ0n) is 10.3. The maximum absolute atomic E-state index is 13.5. The van der Waals surface area contributed by atoms with E-state index < -0.39 is 0 Å². The van der Waals surface area contributed by atoms with E-state index in [0.29, 0.717) is 17.7 Å². The summed E-state index contributed by atoms with van der Waals surface area (Å²) in [6, 6.07) is 0. The molecule has 0 aliphatic rings. The van der Waals surface area contributed by atoms with E-state index in [1.54, 1.807) is 0 Å². The van der Waals surface area contributed by atoms with Crippen molar-refractivity contribution >= 4 is 11.8 Å². The molecule has 0 saturated heterocycles. The van der Waals surface area contributed by atoms with Crippen molar-refractivity contribution in [3.8, 4) is 0 Å². The first kappa shape index (κ1) is 12.7. The normalized spacial score (nSPS) is 10.6. The lowest BCUT2D eigenvalue weighted by molar-refractivity contribution is 0.586. The highest BCUT2D eigenvalue weighted by Gasteiger charge is 2.12. The third kappa shape index (κ3) is 3.32. The van der Waals surface area contributed by atoms with Gasteiger partial charge in [0, 0.05) is 20.1 Å². The number of anilines is 2. The van der Waals surface area contributed by atoms with Crippen LogP contribution in [0.15, 0.2) is 6.20 Å². The van der Waals surface area contributed by atoms with Crippen molar-refractivity contribution in [1.29, 1.82) is 0 Å². The van der Waals surface area contributed by atoms with Crippen LogP contribution < -0.4 is 10.2 Å². The quantitative estimate of drug-likeness (QED) is 0.835. The Labute approximate surface area is 95.9 Å². The fourth-order valence-corrected chi connectivity index (χ4v) is 1.50. The number of halogens is 1. The lowest BCUT2D eigenvalue weighted by Gasteiger charge is -2.21. The Bertz CT molecular complexity index is 341. The molecular weight excluding hydrogens is 207 g/mol. The minimum atomic E-state index is -0.384. The van der Waals surface area contributed by atoms with Gasteiger partial charge in [0.05, 0.1) is 6.20 Å². The summed E-state index contributed by atoms with van der Waals surface area (Å²) in [5, 5.41) is 2.97. The van der Waals surface area contributed by atoms with Gasteiger partial charge in [-0.15, -0.1) is 0 Å². The molecule has 1 N–H and O–H groups in total. The molecular formula is C11H19FN4. The second-order valence-electron chi connectivity index (χ2n) is 4.17. The molecule has 0 aromatic carbocycles. The van der Waals surface area contributed by atoms with Crippen LogP contribution >= 0.6 is 0 Å². The number of hydrogen-bond acceptors (Lipinski definition) is 4. The maximum atomic E-state index is 13.5. The largest absolute Gasteiger partial charge is 0.357 e. The van der Waals surface area contributed by atoms with Gasteiger partial charge in [0.1, 0.15) is 0 Å². The number of rotatable bonds is 5. The van der Waals surface area contributed by atoms with E-state index >= 15 is 0 Å². The van der Waals surface area contributed by atoms with Crippen LogP contribution in [0.3, 0.4) is 0 Å². The highest BCUT2D eigenvalue weighted by Crippen LogP contribution is 2.16. The molecule has 0 spiro atoms. The summed E-state index contributed by atoms with van der Waals surface area (Å²) < 4.78 is 13.5. The highest BCUT2D eigenvalue weighted by molar-refractivity contribution is 5.43. The summed E-state index contributed by atoms with van der Waals surface area (Å²) in [4.78, 5) is 9.82. The maximum Gasteiger partial charge on any atom is 0.224 e. The summed E-state index contributed by atoms with van der Waals surface area (Å²) >= 11 is 0. The molecule has 1 heterocycles. The predicted octanol–water partition coefficient (Wildman–Crippen LogP) is 2.14. The van der Waals surface area contributed by atoms with Crippen LogP contribution in [0.5, 0.6) is 0 Å². The molecule has 0 bridgehead atoms. The van der Waals surface area contributed by atoms with Gasteiger partial charge in [0.15, 0.2) is 11.6 Å². The summed E-state index contributed by atoms with van der Waals surface area (Å²) in [5.74, 6) is 0.890. The standard InChI is InChI=1S/C11H19FN4/c1-5-13-11-14-6-9(12)10(15-11)16(4)7-8(2)3/h6,8H,5,7H2,1-4H3,(H,13,14,15). The highest BCUT2D eigenvalue weighted by atomic mass is 19.1. The van der Waals surface area contributed by atoms with Crippen molar-refractivity contribution in [3.63, 3.8) is 0 Å². The van der Waals surface area contributed by atoms with Crippen molar-refractivity contribution in [2.45, 2.75) is 20.8 Å². The summed E-state index contributed by atoms with van der Waals surface area (Å²) in [6.07, 6.45) is 1.21. The first-order valence-corrected chi connectivity index (χ1v) is 5.52. The third-order valence-electron chi connectivity index (χ3n) is 2.06. The molecule has 0 atom stereocenters. The Morgan fingerprint density at radius 1 is 1.50 bits per heavy atom. The second kappa shape index (κ2) is 5.63. The van der Waals surface area contributed by atoms with Crippen molar-refractivity contribution in [2.75, 3.05) is 30.4 Å². The summed E-state index contributed by atoms with van der Waals surface area (Å²) in [5.41, 5.74) is 0. The van der Waals surface area contributed by atoms with E-state index in [0.717, 1.165) is 13.1 Å². The van der Waals surface area contributed by atoms with E-state index in [1.165, 1.54) is 6.20 Å². The number of aromatic nitrogens is 2. The van der Waals surface area contributed by atoms with Gasteiger partial charge >= 0.3 is 0 Å². The van der Waals surface area contributed by atoms with Crippen LogP contribution in [-0.4, -0.2) is 30.1 Å². The second-order valence-corrected chi connectivity index (χ2v) is 4.17. The molecule has 1 aromatic rings. The molecule has 0 unspecified atom stereocenters. The van der Waals surface area contributed by atoms with Crippen molar-refractivity contribution in [1.82, 2.24) is 9.97 Å². The zero-order chi connectivity index (χ0) is 12.1. The van der Waals surface area contributed by atoms with E-state index in [-0.39, 0.29) is 5.82 Å². The Kier molecular flexibility index (Phi) is 4.46. The minimum absolute atomic E-state index is 0.347. The molecule has 1 aromatic heterocycles. The van der Waals surface area contributed by atoms with Crippen molar-refractivity contribution < 1.29 is 4.39 Å². The number of nitrogens with zero attached hydrogens (tertiary/aromatic N) is 3. The average molecular weight is 226 g/mol. The van der Waals surface area contributed by atoms with Gasteiger partial charge in [-0.25, -0.2) is 9.37 Å². The average Bonchev–Trinajstić information content (AvgIpc) is 2.20. The minimum Gasteiger partial charge on any atom is -0.357 e. The molecule has 90 valence electrons. The molecule has 1 rings (SSSR count). The van der Waals surface area contributed by atoms with Gasteiger partial charge in [-0.2, -0.15) is 4.98 Å². The molecule has 0 amide bonds. The lowest BCUT2D eigenvalue weighted by Crippen LogP contribution is -2.25. The van der Waals surface area contributed by atoms with Crippen LogP contribution in [0.2, 0.25) is 0 Å². The van der Waals surface area contributed by atoms with Crippen molar-refractivity contribution in [2.24, 2.45) is 5.92 Å². The number of hydrogen-bond donors (Lipinski definition) is 1. The van der Waals surface area contributed by atoms with Gasteiger partial charge in [0.25, 0.3) is 0 Å². The smallest absolute Gasteiger partial charge is 0.224 e. The van der Waals surface area contributed by atoms with Crippen LogP contribution in [-0.2, 0) is 0 Å². The third-order valence-corrected chi connectivity index (χ3v) is 2.06. The van der Waals surface area contributed by atoms with E-state index in [4.69, 9.17) is 0 Å². The first-order chi connectivity index (χ1) is 7.54. The monoisotopic (exact) mass is 226 g/mol. The van der Waals surface area contributed by atoms with Crippen LogP contribution in [0.4, 0.5) is 16.2 Å². The van der Waals surface area contributed by atoms with Crippen LogP contribution in [0.25, 0.3) is 0 Å². The molecule has 16 heavy (non-hydrogen) atoms. The van der Waals surface area contributed by atoms with Crippen molar-refractivity contribution in [3.05, 3.63) is 12.0 Å². The van der Waals surface area contributed by atoms with E-state index in [2.05, 4.69) is 29.1 Å². The van der Waals surface area contributed by atoms with E-state index in [9.17, 15) is 4.39 Å². The van der Waals surface area contributed by atoms with Gasteiger partial charge in [-0.3, -0.25) is 0 Å². The molecule has 0 fully saturated rings. The van der Waals surface area contributed by atoms with Gasteiger partial charge < -0.3 is 10.2 Å². The molecule has 5 heteroatoms. The van der Waals surface area contributed by atoms with Crippen LogP contribution in [0, 0.1) is 11.7 Å². The fraction of sp³-hybridized carbons (Fsp3) is 0.636. The fourth-order valence-electron chi connectivity index (χ4n) is 1.50. The Morgan fingerprint density at radius 2 is 2.19 bits per heavy atom. The Morgan fingerprint density at radius 3 is 2.75 bits per heavy atom. The lowest BCUT2D eigenvalue weighted by atomic mass is 10.2. The Hall–Kier alpha value is -1.39.